The molecule has 0 heterocycles. The normalized spacial score (nSPS) is 15.4. The van der Waals surface area contributed by atoms with Gasteiger partial charge in [-0.1, -0.05) is 164 Å². The molecule has 4 atom stereocenters. The number of rotatable bonds is 38. The number of quaternary nitrogens is 1. The van der Waals surface area contributed by atoms with Gasteiger partial charge in [0.2, 0.25) is 0 Å². The van der Waals surface area contributed by atoms with E-state index in [9.17, 15) is 29.3 Å². The molecule has 0 aliphatic heterocycles. The Hall–Kier alpha value is -2.63. The summed E-state index contributed by atoms with van der Waals surface area (Å²) in [5, 5.41) is 20.0. The first-order chi connectivity index (χ1) is 27.8. The molecule has 0 aromatic heterocycles. The average molecular weight is 838 g/mol. The van der Waals surface area contributed by atoms with Crippen LogP contribution in [0.3, 0.4) is 0 Å². The molecule has 0 amide bonds. The van der Waals surface area contributed by atoms with Crippen LogP contribution in [0.4, 0.5) is 0 Å². The fourth-order valence-corrected chi connectivity index (χ4v) is 6.17. The molecule has 0 fully saturated rings. The van der Waals surface area contributed by atoms with Gasteiger partial charge >= 0.3 is 11.9 Å². The topological polar surface area (TPSA) is 152 Å². The number of carbonyl (C=O) groups is 2. The van der Waals surface area contributed by atoms with Gasteiger partial charge in [0.1, 0.15) is 19.8 Å². The third kappa shape index (κ3) is 40.2. The van der Waals surface area contributed by atoms with E-state index in [-0.39, 0.29) is 26.1 Å². The Bertz CT molecular complexity index is 1250. The van der Waals surface area contributed by atoms with Crippen molar-refractivity contribution in [2.75, 3.05) is 47.5 Å². The lowest BCUT2D eigenvalue weighted by atomic mass is 10.0. The highest BCUT2D eigenvalue weighted by atomic mass is 31.2. The third-order valence-electron chi connectivity index (χ3n) is 8.92. The lowest BCUT2D eigenvalue weighted by Crippen LogP contribution is -2.37. The van der Waals surface area contributed by atoms with Crippen molar-refractivity contribution in [2.45, 2.75) is 161 Å². The number of esters is 2. The number of unbranched alkanes of at least 4 members (excludes halogenated alkanes) is 12. The van der Waals surface area contributed by atoms with Gasteiger partial charge in [-0.25, -0.2) is 0 Å². The number of aliphatic hydroxyl groups is 2. The summed E-state index contributed by atoms with van der Waals surface area (Å²) in [6.45, 7) is 3.81. The van der Waals surface area contributed by atoms with Crippen molar-refractivity contribution in [3.63, 3.8) is 0 Å². The van der Waals surface area contributed by atoms with E-state index >= 15 is 0 Å². The van der Waals surface area contributed by atoms with Crippen molar-refractivity contribution in [3.05, 3.63) is 72.9 Å². The monoisotopic (exact) mass is 838 g/mol. The van der Waals surface area contributed by atoms with Crippen LogP contribution in [0.5, 0.6) is 0 Å². The van der Waals surface area contributed by atoms with Crippen LogP contribution in [0.2, 0.25) is 0 Å². The summed E-state index contributed by atoms with van der Waals surface area (Å²) in [6, 6.07) is 0. The molecule has 58 heavy (non-hydrogen) atoms. The molecule has 1 unspecified atom stereocenters. The van der Waals surface area contributed by atoms with Crippen LogP contribution in [0.15, 0.2) is 72.9 Å². The number of likely N-dealkylation sites (N-methyl/N-ethyl adjacent to an activating group) is 1. The van der Waals surface area contributed by atoms with E-state index < -0.39 is 44.7 Å². The molecular formula is C46H80NO10P. The molecule has 0 spiro atoms. The number of hydrogen-bond acceptors (Lipinski definition) is 10. The molecule has 0 rings (SSSR count). The Morgan fingerprint density at radius 3 is 1.74 bits per heavy atom. The van der Waals surface area contributed by atoms with Crippen molar-refractivity contribution < 1.29 is 52.3 Å². The number of hydrogen-bond donors (Lipinski definition) is 2. The van der Waals surface area contributed by atoms with Gasteiger partial charge in [0.05, 0.1) is 40.0 Å². The SMILES string of the molecule is CC/C=C\C[C@@H](O)/C=C/C=C\C=C\[C@@H](O)C/C=C\C/C=C\CCC(=O)OC[C@H](COP(=O)([O-])OCC[N+](C)(C)C)OC(=O)CCCCCCCCCCCCCCC. The van der Waals surface area contributed by atoms with Crippen LogP contribution >= 0.6 is 7.82 Å². The fourth-order valence-electron chi connectivity index (χ4n) is 5.44. The average Bonchev–Trinajstić information content (AvgIpc) is 3.16. The largest absolute Gasteiger partial charge is 0.756 e. The van der Waals surface area contributed by atoms with Crippen LogP contribution in [0.25, 0.3) is 0 Å². The maximum atomic E-state index is 12.7. The van der Waals surface area contributed by atoms with E-state index in [1.54, 1.807) is 36.5 Å². The number of carbonyl (C=O) groups excluding carboxylic acids is 2. The number of nitrogens with zero attached hydrogens (tertiary/aromatic N) is 1. The van der Waals surface area contributed by atoms with Crippen LogP contribution in [0.1, 0.15) is 142 Å². The Kier molecular flexibility index (Phi) is 35.7. The molecule has 0 radical (unpaired) electrons. The summed E-state index contributed by atoms with van der Waals surface area (Å²) in [7, 11) is 1.06. The molecule has 0 aliphatic carbocycles. The standard InChI is InChI=1S/C46H80NO10P/c1-6-8-10-11-12-13-14-15-16-17-18-23-31-37-46(51)57-44(41-56-58(52,53)55-39-38-47(3,4)5)40-54-45(50)36-30-22-20-19-21-27-33-43(49)35-29-25-24-28-34-42(48)32-26-9-7-2/h9,20-22,24-29,34-35,42-44,48-49H,6-8,10-19,23,30-33,36-41H2,1-5H3/b22-20-,25-24-,26-9-,27-21-,34-28+,35-29+/t42-,43+,44-/m1/s1. The molecule has 0 bridgehead atoms. The molecule has 11 nitrogen and oxygen atoms in total. The fraction of sp³-hybridized carbons (Fsp3) is 0.696. The summed E-state index contributed by atoms with van der Waals surface area (Å²) in [6.07, 6.45) is 38.6. The van der Waals surface area contributed by atoms with Gasteiger partial charge in [0.25, 0.3) is 7.82 Å². The first-order valence-corrected chi connectivity index (χ1v) is 23.3. The molecular weight excluding hydrogens is 757 g/mol. The van der Waals surface area contributed by atoms with Crippen LogP contribution < -0.4 is 4.89 Å². The maximum Gasteiger partial charge on any atom is 0.306 e. The number of aliphatic hydroxyl groups excluding tert-OH is 2. The molecule has 0 aliphatic rings. The second-order valence-corrected chi connectivity index (χ2v) is 17.1. The molecule has 334 valence electrons. The van der Waals surface area contributed by atoms with Crippen molar-refractivity contribution >= 4 is 19.8 Å². The van der Waals surface area contributed by atoms with Crippen LogP contribution in [-0.4, -0.2) is 92.5 Å². The zero-order valence-electron chi connectivity index (χ0n) is 36.7. The zero-order chi connectivity index (χ0) is 43.2. The molecule has 0 aromatic rings. The van der Waals surface area contributed by atoms with E-state index in [1.807, 2.05) is 64.5 Å². The van der Waals surface area contributed by atoms with Gasteiger partial charge in [-0.3, -0.25) is 14.2 Å². The number of phosphoric ester groups is 1. The zero-order valence-corrected chi connectivity index (χ0v) is 37.6. The van der Waals surface area contributed by atoms with E-state index in [0.717, 1.165) is 25.7 Å². The minimum absolute atomic E-state index is 0.0625. The number of phosphoric acid groups is 1. The summed E-state index contributed by atoms with van der Waals surface area (Å²) >= 11 is 0. The Morgan fingerprint density at radius 1 is 0.655 bits per heavy atom. The van der Waals surface area contributed by atoms with E-state index in [2.05, 4.69) is 6.92 Å². The quantitative estimate of drug-likeness (QED) is 0.0154. The predicted octanol–water partition coefficient (Wildman–Crippen LogP) is 9.55. The smallest absolute Gasteiger partial charge is 0.306 e. The Labute approximate surface area is 352 Å². The van der Waals surface area contributed by atoms with E-state index in [0.29, 0.717) is 43.1 Å². The third-order valence-corrected chi connectivity index (χ3v) is 9.88. The van der Waals surface area contributed by atoms with Gasteiger partial charge < -0.3 is 38.1 Å². The highest BCUT2D eigenvalue weighted by Crippen LogP contribution is 2.38. The van der Waals surface area contributed by atoms with Crippen LogP contribution in [0, 0.1) is 0 Å². The van der Waals surface area contributed by atoms with Gasteiger partial charge in [0.15, 0.2) is 6.10 Å². The van der Waals surface area contributed by atoms with Gasteiger partial charge in [-0.05, 0) is 38.5 Å². The molecule has 0 aromatic carbocycles. The summed E-state index contributed by atoms with van der Waals surface area (Å²) in [5.74, 6) is -1.01. The highest BCUT2D eigenvalue weighted by Gasteiger charge is 2.21. The number of allylic oxidation sites excluding steroid dienone is 8. The predicted molar refractivity (Wildman–Crippen MR) is 234 cm³/mol. The Morgan fingerprint density at radius 2 is 1.19 bits per heavy atom. The maximum absolute atomic E-state index is 12.7. The minimum Gasteiger partial charge on any atom is -0.756 e. The first kappa shape index (κ1) is 55.4. The van der Waals surface area contributed by atoms with Crippen molar-refractivity contribution in [3.8, 4) is 0 Å². The lowest BCUT2D eigenvalue weighted by molar-refractivity contribution is -0.870. The van der Waals surface area contributed by atoms with Gasteiger partial charge in [0, 0.05) is 12.8 Å². The second-order valence-electron chi connectivity index (χ2n) is 15.7. The first-order valence-electron chi connectivity index (χ1n) is 21.9. The minimum atomic E-state index is -4.67. The molecule has 12 heteroatoms. The highest BCUT2D eigenvalue weighted by molar-refractivity contribution is 7.45. The van der Waals surface area contributed by atoms with Crippen molar-refractivity contribution in [1.82, 2.24) is 0 Å². The summed E-state index contributed by atoms with van der Waals surface area (Å²) < 4.78 is 33.7. The Balaban J connectivity index is 4.60. The number of ether oxygens (including phenoxy) is 2. The summed E-state index contributed by atoms with van der Waals surface area (Å²) in [4.78, 5) is 37.5. The van der Waals surface area contributed by atoms with E-state index in [1.165, 1.54) is 57.8 Å². The van der Waals surface area contributed by atoms with Gasteiger partial charge in [-0.15, -0.1) is 0 Å². The van der Waals surface area contributed by atoms with Crippen molar-refractivity contribution in [2.24, 2.45) is 0 Å². The van der Waals surface area contributed by atoms with Crippen LogP contribution in [-0.2, 0) is 32.7 Å². The molecule has 0 saturated carbocycles. The van der Waals surface area contributed by atoms with Gasteiger partial charge in [-0.2, -0.15) is 0 Å². The molecule has 2 N–H and O–H groups in total. The summed E-state index contributed by atoms with van der Waals surface area (Å²) in [5.41, 5.74) is 0. The second kappa shape index (κ2) is 37.4. The van der Waals surface area contributed by atoms with Crippen molar-refractivity contribution in [1.29, 1.82) is 0 Å². The van der Waals surface area contributed by atoms with E-state index in [4.69, 9.17) is 18.5 Å². The molecule has 0 saturated heterocycles. The lowest BCUT2D eigenvalue weighted by Gasteiger charge is -2.28.